The fourth-order valence-electron chi connectivity index (χ4n) is 1.45. The van der Waals surface area contributed by atoms with Gasteiger partial charge in [-0.05, 0) is 19.4 Å². The predicted molar refractivity (Wildman–Crippen MR) is 69.1 cm³/mol. The third kappa shape index (κ3) is 4.33. The number of nitrogens with two attached hydrogens (primary N) is 1. The van der Waals surface area contributed by atoms with Gasteiger partial charge in [0.2, 0.25) is 5.95 Å². The normalized spacial score (nSPS) is 10.2. The first-order valence-corrected chi connectivity index (χ1v) is 5.96. The topological polar surface area (TPSA) is 86.4 Å². The van der Waals surface area contributed by atoms with Gasteiger partial charge in [0.25, 0.3) is 0 Å². The van der Waals surface area contributed by atoms with Gasteiger partial charge < -0.3 is 20.1 Å². The molecule has 18 heavy (non-hydrogen) atoms. The van der Waals surface area contributed by atoms with Crippen LogP contribution in [0.2, 0.25) is 0 Å². The molecule has 0 amide bonds. The van der Waals surface area contributed by atoms with Crippen LogP contribution in [0.3, 0.4) is 0 Å². The molecule has 0 radical (unpaired) electrons. The van der Waals surface area contributed by atoms with Crippen LogP contribution < -0.4 is 20.1 Å². The molecule has 0 aliphatic carbocycles. The fraction of sp³-hybridized carbons (Fsp3) is 0.727. The Kier molecular flexibility index (Phi) is 6.13. The Bertz CT molecular complexity index is 339. The van der Waals surface area contributed by atoms with E-state index < -0.39 is 0 Å². The summed E-state index contributed by atoms with van der Waals surface area (Å²) in [6.07, 6.45) is 3.18. The Morgan fingerprint density at radius 2 is 1.61 bits per heavy atom. The van der Waals surface area contributed by atoms with Gasteiger partial charge in [0.15, 0.2) is 0 Å². The quantitative estimate of drug-likeness (QED) is 0.675. The summed E-state index contributed by atoms with van der Waals surface area (Å²) in [5.41, 5.74) is 5.45. The lowest BCUT2D eigenvalue weighted by molar-refractivity contribution is 0.340. The average molecular weight is 255 g/mol. The van der Waals surface area contributed by atoms with Gasteiger partial charge >= 0.3 is 12.0 Å². The zero-order valence-corrected chi connectivity index (χ0v) is 11.2. The summed E-state index contributed by atoms with van der Waals surface area (Å²) in [7, 11) is 4.95. The lowest BCUT2D eigenvalue weighted by Gasteiger charge is -2.17. The first-order chi connectivity index (χ1) is 8.71. The maximum Gasteiger partial charge on any atom is 0.324 e. The van der Waals surface area contributed by atoms with Crippen LogP contribution >= 0.6 is 0 Å². The minimum Gasteiger partial charge on any atom is -0.467 e. The first-order valence-electron chi connectivity index (χ1n) is 5.96. The smallest absolute Gasteiger partial charge is 0.324 e. The molecule has 7 nitrogen and oxygen atoms in total. The largest absolute Gasteiger partial charge is 0.467 e. The van der Waals surface area contributed by atoms with Crippen LogP contribution in [-0.4, -0.2) is 49.3 Å². The van der Waals surface area contributed by atoms with Gasteiger partial charge in [0.05, 0.1) is 14.2 Å². The number of hydrogen-bond acceptors (Lipinski definition) is 7. The van der Waals surface area contributed by atoms with Gasteiger partial charge in [0.1, 0.15) is 0 Å². The highest BCUT2D eigenvalue weighted by molar-refractivity contribution is 5.30. The van der Waals surface area contributed by atoms with Crippen LogP contribution in [0.1, 0.15) is 19.3 Å². The van der Waals surface area contributed by atoms with E-state index in [0.29, 0.717) is 5.95 Å². The highest BCUT2D eigenvalue weighted by atomic mass is 16.5. The van der Waals surface area contributed by atoms with Crippen molar-refractivity contribution in [2.45, 2.75) is 19.3 Å². The standard InChI is InChI=1S/C11H21N5O2/c1-16(8-6-4-5-7-12)9-13-10(17-2)15-11(14-9)18-3/h4-8,12H2,1-3H3. The predicted octanol–water partition coefficient (Wildman–Crippen LogP) is 0.454. The van der Waals surface area contributed by atoms with E-state index >= 15 is 0 Å². The molecule has 7 heteroatoms. The summed E-state index contributed by atoms with van der Waals surface area (Å²) in [4.78, 5) is 14.3. The molecule has 0 fully saturated rings. The van der Waals surface area contributed by atoms with Gasteiger partial charge in [0, 0.05) is 13.6 Å². The van der Waals surface area contributed by atoms with E-state index in [1.807, 2.05) is 11.9 Å². The zero-order chi connectivity index (χ0) is 13.4. The molecule has 0 saturated heterocycles. The molecule has 1 heterocycles. The minimum absolute atomic E-state index is 0.255. The molecule has 0 unspecified atom stereocenters. The van der Waals surface area contributed by atoms with E-state index in [0.717, 1.165) is 32.4 Å². The first kappa shape index (κ1) is 14.4. The molecule has 1 aromatic heterocycles. The molecule has 1 rings (SSSR count). The van der Waals surface area contributed by atoms with Crippen molar-refractivity contribution in [2.24, 2.45) is 5.73 Å². The molecule has 0 aliphatic heterocycles. The van der Waals surface area contributed by atoms with Crippen molar-refractivity contribution < 1.29 is 9.47 Å². The second-order valence-electron chi connectivity index (χ2n) is 3.88. The second-order valence-corrected chi connectivity index (χ2v) is 3.88. The van der Waals surface area contributed by atoms with E-state index in [4.69, 9.17) is 15.2 Å². The SMILES string of the molecule is COc1nc(OC)nc(N(C)CCCCCN)n1. The Labute approximate surface area is 107 Å². The molecule has 1 aromatic rings. The summed E-state index contributed by atoms with van der Waals surface area (Å²) in [5, 5.41) is 0. The molecule has 102 valence electrons. The lowest BCUT2D eigenvalue weighted by Crippen LogP contribution is -2.22. The molecule has 0 bridgehead atoms. The van der Waals surface area contributed by atoms with Crippen molar-refractivity contribution >= 4 is 5.95 Å². The van der Waals surface area contributed by atoms with Crippen LogP contribution in [0, 0.1) is 0 Å². The van der Waals surface area contributed by atoms with Crippen molar-refractivity contribution in [2.75, 3.05) is 39.3 Å². The van der Waals surface area contributed by atoms with Crippen LogP contribution in [0.25, 0.3) is 0 Å². The monoisotopic (exact) mass is 255 g/mol. The molecule has 0 aliphatic rings. The molecular formula is C11H21N5O2. The van der Waals surface area contributed by atoms with Gasteiger partial charge in [-0.3, -0.25) is 0 Å². The Morgan fingerprint density at radius 3 is 2.11 bits per heavy atom. The number of ether oxygens (including phenoxy) is 2. The van der Waals surface area contributed by atoms with Crippen molar-refractivity contribution in [3.05, 3.63) is 0 Å². The van der Waals surface area contributed by atoms with Crippen LogP contribution in [0.15, 0.2) is 0 Å². The molecule has 0 spiro atoms. The van der Waals surface area contributed by atoms with Gasteiger partial charge in [-0.15, -0.1) is 4.98 Å². The number of nitrogens with zero attached hydrogens (tertiary/aromatic N) is 4. The number of rotatable bonds is 8. The third-order valence-corrected chi connectivity index (χ3v) is 2.49. The Morgan fingerprint density at radius 1 is 1.00 bits per heavy atom. The lowest BCUT2D eigenvalue weighted by atomic mass is 10.2. The summed E-state index contributed by atoms with van der Waals surface area (Å²) < 4.78 is 10.0. The summed E-state index contributed by atoms with van der Waals surface area (Å²) >= 11 is 0. The molecular weight excluding hydrogens is 234 g/mol. The number of aromatic nitrogens is 3. The van der Waals surface area contributed by atoms with Gasteiger partial charge in [-0.1, -0.05) is 6.42 Å². The minimum atomic E-state index is 0.255. The van der Waals surface area contributed by atoms with Crippen molar-refractivity contribution in [3.63, 3.8) is 0 Å². The van der Waals surface area contributed by atoms with Crippen molar-refractivity contribution in [1.82, 2.24) is 15.0 Å². The number of methoxy groups -OCH3 is 2. The van der Waals surface area contributed by atoms with Crippen LogP contribution in [-0.2, 0) is 0 Å². The Balaban J connectivity index is 2.63. The molecule has 0 aromatic carbocycles. The molecule has 0 saturated carbocycles. The van der Waals surface area contributed by atoms with Gasteiger partial charge in [-0.2, -0.15) is 9.97 Å². The van der Waals surface area contributed by atoms with E-state index in [1.165, 1.54) is 14.2 Å². The van der Waals surface area contributed by atoms with E-state index in [9.17, 15) is 0 Å². The second kappa shape index (κ2) is 7.65. The Hall–Kier alpha value is -1.63. The van der Waals surface area contributed by atoms with E-state index in [-0.39, 0.29) is 12.0 Å². The number of hydrogen-bond donors (Lipinski definition) is 1. The maximum absolute atomic E-state index is 5.45. The molecule has 2 N–H and O–H groups in total. The van der Waals surface area contributed by atoms with Crippen molar-refractivity contribution in [1.29, 1.82) is 0 Å². The fourth-order valence-corrected chi connectivity index (χ4v) is 1.45. The summed E-state index contributed by atoms with van der Waals surface area (Å²) in [6.45, 7) is 1.59. The summed E-state index contributed by atoms with van der Waals surface area (Å²) in [6, 6.07) is 0.510. The van der Waals surface area contributed by atoms with E-state index in [2.05, 4.69) is 15.0 Å². The van der Waals surface area contributed by atoms with Gasteiger partial charge in [-0.25, -0.2) is 0 Å². The van der Waals surface area contributed by atoms with Crippen molar-refractivity contribution in [3.8, 4) is 12.0 Å². The van der Waals surface area contributed by atoms with Crippen LogP contribution in [0.5, 0.6) is 12.0 Å². The summed E-state index contributed by atoms with van der Waals surface area (Å²) in [5.74, 6) is 0.548. The zero-order valence-electron chi connectivity index (χ0n) is 11.2. The highest BCUT2D eigenvalue weighted by Gasteiger charge is 2.10. The third-order valence-electron chi connectivity index (χ3n) is 2.49. The van der Waals surface area contributed by atoms with Crippen LogP contribution in [0.4, 0.5) is 5.95 Å². The number of anilines is 1. The average Bonchev–Trinajstić information content (AvgIpc) is 2.42. The van der Waals surface area contributed by atoms with E-state index in [1.54, 1.807) is 0 Å². The molecule has 0 atom stereocenters. The number of unbranched alkanes of at least 4 members (excludes halogenated alkanes) is 2. The highest BCUT2D eigenvalue weighted by Crippen LogP contribution is 2.15. The maximum atomic E-state index is 5.45.